The van der Waals surface area contributed by atoms with Gasteiger partial charge in [0.05, 0.1) is 18.4 Å². The molecule has 4 nitrogen and oxygen atoms in total. The Morgan fingerprint density at radius 3 is 2.94 bits per heavy atom. The highest BCUT2D eigenvalue weighted by Crippen LogP contribution is 2.13. The van der Waals surface area contributed by atoms with Crippen LogP contribution in [0.4, 0.5) is 0 Å². The van der Waals surface area contributed by atoms with Crippen molar-refractivity contribution in [2.24, 2.45) is 5.73 Å². The van der Waals surface area contributed by atoms with Gasteiger partial charge in [0.15, 0.2) is 0 Å². The van der Waals surface area contributed by atoms with E-state index < -0.39 is 0 Å². The lowest BCUT2D eigenvalue weighted by molar-refractivity contribution is 0.648. The van der Waals surface area contributed by atoms with E-state index in [0.717, 1.165) is 10.2 Å². The third-order valence-electron chi connectivity index (χ3n) is 2.26. The average Bonchev–Trinajstić information content (AvgIpc) is 2.66. The van der Waals surface area contributed by atoms with Crippen molar-refractivity contribution in [2.75, 3.05) is 0 Å². The lowest BCUT2D eigenvalue weighted by Crippen LogP contribution is -2.05. The number of aromatic nitrogens is 3. The molecule has 0 aliphatic rings. The third-order valence-corrected chi connectivity index (χ3v) is 2.75. The first kappa shape index (κ1) is 11.3. The van der Waals surface area contributed by atoms with Gasteiger partial charge in [-0.2, -0.15) is 0 Å². The first-order valence-electron chi connectivity index (χ1n) is 5.05. The maximum Gasteiger partial charge on any atom is 0.0991 e. The highest BCUT2D eigenvalue weighted by Gasteiger charge is 2.05. The standard InChI is InChI=1S/C11H13BrN4/c1-8(13)11-7-16(15-14-11)6-9-3-2-4-10(12)5-9/h2-5,7-8H,6,13H2,1H3. The monoisotopic (exact) mass is 280 g/mol. The first-order valence-corrected chi connectivity index (χ1v) is 5.84. The lowest BCUT2D eigenvalue weighted by atomic mass is 10.2. The second-order valence-corrected chi connectivity index (χ2v) is 4.68. The van der Waals surface area contributed by atoms with Gasteiger partial charge in [0.2, 0.25) is 0 Å². The minimum Gasteiger partial charge on any atom is -0.323 e. The molecule has 2 aromatic rings. The van der Waals surface area contributed by atoms with Crippen LogP contribution in [0.2, 0.25) is 0 Å². The number of benzene rings is 1. The zero-order chi connectivity index (χ0) is 11.5. The van der Waals surface area contributed by atoms with Gasteiger partial charge in [-0.3, -0.25) is 0 Å². The van der Waals surface area contributed by atoms with Crippen molar-refractivity contribution >= 4 is 15.9 Å². The molecule has 5 heteroatoms. The van der Waals surface area contributed by atoms with E-state index in [9.17, 15) is 0 Å². The summed E-state index contributed by atoms with van der Waals surface area (Å²) in [6.45, 7) is 2.60. The molecule has 1 heterocycles. The molecule has 1 atom stereocenters. The largest absolute Gasteiger partial charge is 0.323 e. The molecule has 2 rings (SSSR count). The molecule has 1 aromatic heterocycles. The van der Waals surface area contributed by atoms with E-state index in [1.807, 2.05) is 25.3 Å². The van der Waals surface area contributed by atoms with Crippen molar-refractivity contribution in [1.29, 1.82) is 0 Å². The second-order valence-electron chi connectivity index (χ2n) is 3.76. The van der Waals surface area contributed by atoms with Gasteiger partial charge in [-0.15, -0.1) is 5.10 Å². The number of nitrogens with two attached hydrogens (primary N) is 1. The number of halogens is 1. The van der Waals surface area contributed by atoms with Crippen LogP contribution in [0.15, 0.2) is 34.9 Å². The summed E-state index contributed by atoms with van der Waals surface area (Å²) >= 11 is 3.44. The lowest BCUT2D eigenvalue weighted by Gasteiger charge is -2.01. The number of rotatable bonds is 3. The van der Waals surface area contributed by atoms with E-state index in [0.29, 0.717) is 6.54 Å². The van der Waals surface area contributed by atoms with Crippen molar-refractivity contribution in [2.45, 2.75) is 19.5 Å². The van der Waals surface area contributed by atoms with Gasteiger partial charge >= 0.3 is 0 Å². The predicted molar refractivity (Wildman–Crippen MR) is 65.9 cm³/mol. The van der Waals surface area contributed by atoms with Crippen LogP contribution in [-0.2, 0) is 6.54 Å². The van der Waals surface area contributed by atoms with Crippen LogP contribution >= 0.6 is 15.9 Å². The molecule has 0 aliphatic heterocycles. The van der Waals surface area contributed by atoms with Crippen molar-refractivity contribution in [3.8, 4) is 0 Å². The first-order chi connectivity index (χ1) is 7.65. The summed E-state index contributed by atoms with van der Waals surface area (Å²) in [5, 5.41) is 8.04. The molecular weight excluding hydrogens is 268 g/mol. The summed E-state index contributed by atoms with van der Waals surface area (Å²) in [4.78, 5) is 0. The van der Waals surface area contributed by atoms with E-state index in [-0.39, 0.29) is 6.04 Å². The van der Waals surface area contributed by atoms with Crippen LogP contribution in [0.25, 0.3) is 0 Å². The fraction of sp³-hybridized carbons (Fsp3) is 0.273. The zero-order valence-corrected chi connectivity index (χ0v) is 10.6. The highest BCUT2D eigenvalue weighted by atomic mass is 79.9. The molecule has 0 radical (unpaired) electrons. The predicted octanol–water partition coefficient (Wildman–Crippen LogP) is 2.11. The zero-order valence-electron chi connectivity index (χ0n) is 8.97. The Bertz CT molecular complexity index is 478. The average molecular weight is 281 g/mol. The van der Waals surface area contributed by atoms with Crippen molar-refractivity contribution in [3.05, 3.63) is 46.2 Å². The van der Waals surface area contributed by atoms with Gasteiger partial charge in [-0.1, -0.05) is 33.3 Å². The molecule has 1 aromatic carbocycles. The fourth-order valence-corrected chi connectivity index (χ4v) is 1.87. The highest BCUT2D eigenvalue weighted by molar-refractivity contribution is 9.10. The van der Waals surface area contributed by atoms with E-state index in [2.05, 4.69) is 38.4 Å². The number of nitrogens with zero attached hydrogens (tertiary/aromatic N) is 3. The summed E-state index contributed by atoms with van der Waals surface area (Å²) in [6.07, 6.45) is 1.88. The van der Waals surface area contributed by atoms with Crippen LogP contribution in [0, 0.1) is 0 Å². The second kappa shape index (κ2) is 4.76. The normalized spacial score (nSPS) is 12.7. The minimum atomic E-state index is -0.0729. The Labute approximate surface area is 103 Å². The fourth-order valence-electron chi connectivity index (χ4n) is 1.42. The smallest absolute Gasteiger partial charge is 0.0991 e. The molecule has 84 valence electrons. The van der Waals surface area contributed by atoms with Gasteiger partial charge in [-0.25, -0.2) is 4.68 Å². The Morgan fingerprint density at radius 1 is 1.50 bits per heavy atom. The molecule has 2 N–H and O–H groups in total. The van der Waals surface area contributed by atoms with Crippen LogP contribution in [0.1, 0.15) is 24.2 Å². The van der Waals surface area contributed by atoms with E-state index in [4.69, 9.17) is 5.73 Å². The van der Waals surface area contributed by atoms with Gasteiger partial charge < -0.3 is 5.73 Å². The van der Waals surface area contributed by atoms with Gasteiger partial charge in [0.1, 0.15) is 0 Å². The third kappa shape index (κ3) is 2.68. The molecule has 0 amide bonds. The summed E-state index contributed by atoms with van der Waals surface area (Å²) in [7, 11) is 0. The van der Waals surface area contributed by atoms with Crippen LogP contribution in [0.3, 0.4) is 0 Å². The SMILES string of the molecule is CC(N)c1cn(Cc2cccc(Br)c2)nn1. The van der Waals surface area contributed by atoms with Gasteiger partial charge in [0.25, 0.3) is 0 Å². The topological polar surface area (TPSA) is 56.7 Å². The Kier molecular flexibility index (Phi) is 3.36. The molecule has 16 heavy (non-hydrogen) atoms. The van der Waals surface area contributed by atoms with E-state index >= 15 is 0 Å². The molecule has 0 saturated carbocycles. The van der Waals surface area contributed by atoms with Crippen LogP contribution in [-0.4, -0.2) is 15.0 Å². The van der Waals surface area contributed by atoms with Gasteiger partial charge in [-0.05, 0) is 24.6 Å². The summed E-state index contributed by atoms with van der Waals surface area (Å²) in [5.41, 5.74) is 7.71. The molecule has 0 aliphatic carbocycles. The van der Waals surface area contributed by atoms with Crippen LogP contribution in [0.5, 0.6) is 0 Å². The quantitative estimate of drug-likeness (QED) is 0.937. The Morgan fingerprint density at radius 2 is 2.31 bits per heavy atom. The molecular formula is C11H13BrN4. The molecule has 0 spiro atoms. The van der Waals surface area contributed by atoms with Crippen molar-refractivity contribution in [1.82, 2.24) is 15.0 Å². The summed E-state index contributed by atoms with van der Waals surface area (Å²) < 4.78 is 2.86. The van der Waals surface area contributed by atoms with Gasteiger partial charge in [0, 0.05) is 10.5 Å². The van der Waals surface area contributed by atoms with Crippen molar-refractivity contribution < 1.29 is 0 Å². The van der Waals surface area contributed by atoms with E-state index in [1.54, 1.807) is 4.68 Å². The number of hydrogen-bond acceptors (Lipinski definition) is 3. The maximum atomic E-state index is 5.72. The maximum absolute atomic E-state index is 5.72. The van der Waals surface area contributed by atoms with Crippen molar-refractivity contribution in [3.63, 3.8) is 0 Å². The van der Waals surface area contributed by atoms with Crippen LogP contribution < -0.4 is 5.73 Å². The summed E-state index contributed by atoms with van der Waals surface area (Å²) in [5.74, 6) is 0. The molecule has 0 bridgehead atoms. The Hall–Kier alpha value is -1.20. The molecule has 1 unspecified atom stereocenters. The minimum absolute atomic E-state index is 0.0729. The van der Waals surface area contributed by atoms with E-state index in [1.165, 1.54) is 5.56 Å². The summed E-state index contributed by atoms with van der Waals surface area (Å²) in [6, 6.07) is 8.04. The number of hydrogen-bond donors (Lipinski definition) is 1. The molecule has 0 fully saturated rings. The Balaban J connectivity index is 2.14. The molecule has 0 saturated heterocycles.